The fourth-order valence-corrected chi connectivity index (χ4v) is 2.90. The summed E-state index contributed by atoms with van der Waals surface area (Å²) in [7, 11) is 0. The molecule has 1 nitrogen and oxygen atoms in total. The van der Waals surface area contributed by atoms with Crippen LogP contribution in [0.15, 0.2) is 23.6 Å². The van der Waals surface area contributed by atoms with Gasteiger partial charge in [0.1, 0.15) is 5.60 Å². The Morgan fingerprint density at radius 3 is 2.33 bits per heavy atom. The number of hydrogen-bond acceptors (Lipinski definition) is 2. The predicted octanol–water partition coefficient (Wildman–Crippen LogP) is 3.73. The van der Waals surface area contributed by atoms with Crippen LogP contribution in [0, 0.1) is 24.4 Å². The Morgan fingerprint density at radius 2 is 1.78 bits per heavy atom. The van der Waals surface area contributed by atoms with Crippen LogP contribution in [-0.4, -0.2) is 5.11 Å². The van der Waals surface area contributed by atoms with Crippen LogP contribution in [0.25, 0.3) is 0 Å². The minimum Gasteiger partial charge on any atom is -0.380 e. The average Bonchev–Trinajstić information content (AvgIpc) is 2.73. The molecule has 0 saturated carbocycles. The molecule has 2 aromatic rings. The van der Waals surface area contributed by atoms with Gasteiger partial charge in [-0.05, 0) is 43.0 Å². The zero-order chi connectivity index (χ0) is 13.5. The maximum absolute atomic E-state index is 13.7. The standard InChI is InChI=1S/C13H11F3OS/c1-7-5-6-18-12(7)13(2,17)8-3-4-9(14)11(16)10(8)15/h3-6,17H,1-2H3. The number of aryl methyl sites for hydroxylation is 1. The summed E-state index contributed by atoms with van der Waals surface area (Å²) < 4.78 is 39.8. The van der Waals surface area contributed by atoms with E-state index in [1.807, 2.05) is 0 Å². The van der Waals surface area contributed by atoms with Crippen LogP contribution >= 0.6 is 11.3 Å². The van der Waals surface area contributed by atoms with Crippen molar-refractivity contribution in [2.75, 3.05) is 0 Å². The largest absolute Gasteiger partial charge is 0.380 e. The Hall–Kier alpha value is -1.33. The Kier molecular flexibility index (Phi) is 3.21. The van der Waals surface area contributed by atoms with Gasteiger partial charge in [-0.1, -0.05) is 0 Å². The maximum atomic E-state index is 13.7. The molecule has 0 aliphatic heterocycles. The highest BCUT2D eigenvalue weighted by Crippen LogP contribution is 2.36. The summed E-state index contributed by atoms with van der Waals surface area (Å²) in [5, 5.41) is 12.2. The molecule has 0 saturated heterocycles. The molecule has 1 N–H and O–H groups in total. The van der Waals surface area contributed by atoms with E-state index in [0.717, 1.165) is 17.7 Å². The van der Waals surface area contributed by atoms with E-state index in [1.54, 1.807) is 18.4 Å². The molecule has 0 fully saturated rings. The molecule has 96 valence electrons. The molecule has 1 aromatic carbocycles. The summed E-state index contributed by atoms with van der Waals surface area (Å²) in [6.45, 7) is 3.12. The number of aliphatic hydroxyl groups is 1. The molecule has 0 amide bonds. The van der Waals surface area contributed by atoms with Crippen molar-refractivity contribution >= 4 is 11.3 Å². The second kappa shape index (κ2) is 4.40. The summed E-state index contributed by atoms with van der Waals surface area (Å²) in [6.07, 6.45) is 0. The van der Waals surface area contributed by atoms with E-state index in [1.165, 1.54) is 18.3 Å². The average molecular weight is 272 g/mol. The van der Waals surface area contributed by atoms with Crippen molar-refractivity contribution in [3.63, 3.8) is 0 Å². The Balaban J connectivity index is 2.62. The van der Waals surface area contributed by atoms with Crippen molar-refractivity contribution in [1.82, 2.24) is 0 Å². The molecular weight excluding hydrogens is 261 g/mol. The van der Waals surface area contributed by atoms with E-state index >= 15 is 0 Å². The number of halogens is 3. The lowest BCUT2D eigenvalue weighted by molar-refractivity contribution is 0.1000. The van der Waals surface area contributed by atoms with Gasteiger partial charge in [-0.2, -0.15) is 0 Å². The van der Waals surface area contributed by atoms with Gasteiger partial charge >= 0.3 is 0 Å². The molecule has 1 unspecified atom stereocenters. The van der Waals surface area contributed by atoms with Crippen LogP contribution in [0.4, 0.5) is 13.2 Å². The van der Waals surface area contributed by atoms with Gasteiger partial charge in [-0.3, -0.25) is 0 Å². The Labute approximate surface area is 107 Å². The second-order valence-electron chi connectivity index (χ2n) is 4.23. The van der Waals surface area contributed by atoms with Crippen LogP contribution < -0.4 is 0 Å². The molecule has 0 radical (unpaired) electrons. The third-order valence-corrected chi connectivity index (χ3v) is 4.09. The molecule has 1 aromatic heterocycles. The molecule has 18 heavy (non-hydrogen) atoms. The first-order chi connectivity index (χ1) is 8.35. The molecule has 0 aliphatic rings. The Morgan fingerprint density at radius 1 is 1.11 bits per heavy atom. The van der Waals surface area contributed by atoms with Gasteiger partial charge in [0, 0.05) is 10.4 Å². The van der Waals surface area contributed by atoms with Crippen molar-refractivity contribution in [3.05, 3.63) is 57.0 Å². The molecule has 1 heterocycles. The van der Waals surface area contributed by atoms with Crippen molar-refractivity contribution in [3.8, 4) is 0 Å². The van der Waals surface area contributed by atoms with E-state index in [-0.39, 0.29) is 5.56 Å². The normalized spacial score (nSPS) is 14.6. The van der Waals surface area contributed by atoms with Crippen LogP contribution in [-0.2, 0) is 5.60 Å². The monoisotopic (exact) mass is 272 g/mol. The van der Waals surface area contributed by atoms with E-state index < -0.39 is 23.1 Å². The van der Waals surface area contributed by atoms with Crippen molar-refractivity contribution in [1.29, 1.82) is 0 Å². The van der Waals surface area contributed by atoms with E-state index in [2.05, 4.69) is 0 Å². The third-order valence-electron chi connectivity index (χ3n) is 2.86. The first-order valence-corrected chi connectivity index (χ1v) is 6.14. The van der Waals surface area contributed by atoms with Crippen LogP contribution in [0.3, 0.4) is 0 Å². The fourth-order valence-electron chi connectivity index (χ4n) is 1.90. The first kappa shape index (κ1) is 13.1. The SMILES string of the molecule is Cc1ccsc1C(C)(O)c1ccc(F)c(F)c1F. The fraction of sp³-hybridized carbons (Fsp3) is 0.231. The summed E-state index contributed by atoms with van der Waals surface area (Å²) in [4.78, 5) is 0.507. The van der Waals surface area contributed by atoms with Gasteiger partial charge in [0.2, 0.25) is 0 Å². The van der Waals surface area contributed by atoms with Gasteiger partial charge in [0.05, 0.1) is 0 Å². The highest BCUT2D eigenvalue weighted by Gasteiger charge is 2.33. The summed E-state index contributed by atoms with van der Waals surface area (Å²) in [5.74, 6) is -4.19. The van der Waals surface area contributed by atoms with Gasteiger partial charge in [0.15, 0.2) is 17.5 Å². The minimum absolute atomic E-state index is 0.271. The summed E-state index contributed by atoms with van der Waals surface area (Å²) in [6, 6.07) is 3.64. The molecule has 0 bridgehead atoms. The van der Waals surface area contributed by atoms with Gasteiger partial charge in [-0.15, -0.1) is 11.3 Å². The van der Waals surface area contributed by atoms with Crippen molar-refractivity contribution in [2.45, 2.75) is 19.4 Å². The molecule has 1 atom stereocenters. The first-order valence-electron chi connectivity index (χ1n) is 5.26. The van der Waals surface area contributed by atoms with E-state index in [9.17, 15) is 18.3 Å². The maximum Gasteiger partial charge on any atom is 0.194 e. The van der Waals surface area contributed by atoms with Crippen LogP contribution in [0.1, 0.15) is 22.9 Å². The number of benzene rings is 1. The Bertz CT molecular complexity index is 590. The quantitative estimate of drug-likeness (QED) is 0.826. The lowest BCUT2D eigenvalue weighted by Crippen LogP contribution is -2.24. The molecular formula is C13H11F3OS. The number of thiophene rings is 1. The zero-order valence-electron chi connectivity index (χ0n) is 9.80. The predicted molar refractivity (Wildman–Crippen MR) is 64.0 cm³/mol. The molecule has 5 heteroatoms. The summed E-state index contributed by atoms with van der Waals surface area (Å²) in [5.41, 5.74) is -1.18. The van der Waals surface area contributed by atoms with E-state index in [4.69, 9.17) is 0 Å². The minimum atomic E-state index is -1.68. The van der Waals surface area contributed by atoms with Crippen LogP contribution in [0.5, 0.6) is 0 Å². The van der Waals surface area contributed by atoms with Gasteiger partial charge in [0.25, 0.3) is 0 Å². The molecule has 2 rings (SSSR count). The van der Waals surface area contributed by atoms with Crippen LogP contribution in [0.2, 0.25) is 0 Å². The zero-order valence-corrected chi connectivity index (χ0v) is 10.6. The lowest BCUT2D eigenvalue weighted by Gasteiger charge is -2.24. The number of rotatable bonds is 2. The van der Waals surface area contributed by atoms with Crippen molar-refractivity contribution < 1.29 is 18.3 Å². The molecule has 0 aliphatic carbocycles. The smallest absolute Gasteiger partial charge is 0.194 e. The van der Waals surface area contributed by atoms with Gasteiger partial charge in [-0.25, -0.2) is 13.2 Å². The number of hydrogen-bond donors (Lipinski definition) is 1. The van der Waals surface area contributed by atoms with E-state index in [0.29, 0.717) is 4.88 Å². The lowest BCUT2D eigenvalue weighted by atomic mass is 9.91. The highest BCUT2D eigenvalue weighted by atomic mass is 32.1. The third kappa shape index (κ3) is 1.93. The highest BCUT2D eigenvalue weighted by molar-refractivity contribution is 7.10. The second-order valence-corrected chi connectivity index (χ2v) is 5.14. The van der Waals surface area contributed by atoms with Crippen molar-refractivity contribution in [2.24, 2.45) is 0 Å². The molecule has 0 spiro atoms. The topological polar surface area (TPSA) is 20.2 Å². The summed E-state index contributed by atoms with van der Waals surface area (Å²) >= 11 is 1.24. The van der Waals surface area contributed by atoms with Gasteiger partial charge < -0.3 is 5.11 Å².